The third kappa shape index (κ3) is 4.74. The highest BCUT2D eigenvalue weighted by atomic mass is 32.1. The normalized spacial score (nSPS) is 10.7. The van der Waals surface area contributed by atoms with Gasteiger partial charge in [0.05, 0.1) is 41.1 Å². The summed E-state index contributed by atoms with van der Waals surface area (Å²) in [7, 11) is 1.40. The Morgan fingerprint density at radius 3 is 2.67 bits per heavy atom. The molecule has 0 aliphatic heterocycles. The summed E-state index contributed by atoms with van der Waals surface area (Å²) in [6, 6.07) is 20.0. The first-order valence-electron chi connectivity index (χ1n) is 10.9. The molecule has 6 heteroatoms. The summed E-state index contributed by atoms with van der Waals surface area (Å²) >= 11 is 1.52. The molecular formula is C27H25N3O2S. The second-order valence-corrected chi connectivity index (χ2v) is 8.67. The van der Waals surface area contributed by atoms with Gasteiger partial charge in [0.15, 0.2) is 0 Å². The highest BCUT2D eigenvalue weighted by molar-refractivity contribution is 7.14. The number of methoxy groups -OCH3 is 1. The second-order valence-electron chi connectivity index (χ2n) is 7.76. The third-order valence-corrected chi connectivity index (χ3v) is 6.59. The van der Waals surface area contributed by atoms with Gasteiger partial charge in [-0.05, 0) is 40.6 Å². The largest absolute Gasteiger partial charge is 0.465 e. The van der Waals surface area contributed by atoms with Crippen LogP contribution in [0.1, 0.15) is 47.1 Å². The van der Waals surface area contributed by atoms with Crippen molar-refractivity contribution in [2.45, 2.75) is 32.7 Å². The van der Waals surface area contributed by atoms with Crippen LogP contribution >= 0.6 is 11.3 Å². The van der Waals surface area contributed by atoms with Gasteiger partial charge in [-0.3, -0.25) is 0 Å². The quantitative estimate of drug-likeness (QED) is 0.291. The molecular weight excluding hydrogens is 430 g/mol. The Kier molecular flexibility index (Phi) is 7.01. The number of unbranched alkanes of at least 4 members (excludes halogenated alkanes) is 1. The standard InChI is InChI=1S/C27H25N3O2S/c1-3-4-9-25-29-17-24(26-23(14-15-33-26)27(31)32-2)30(25)18-19-10-12-20(13-11-19)22-8-6-5-7-21(22)16-28/h5-8,10-15,17H,3-4,9,18H2,1-2H3. The minimum Gasteiger partial charge on any atom is -0.465 e. The molecule has 0 unspecified atom stereocenters. The van der Waals surface area contributed by atoms with Crippen LogP contribution < -0.4 is 0 Å². The average Bonchev–Trinajstić information content (AvgIpc) is 3.49. The zero-order chi connectivity index (χ0) is 23.2. The van der Waals surface area contributed by atoms with E-state index in [1.54, 1.807) is 6.07 Å². The number of thiophene rings is 1. The average molecular weight is 456 g/mol. The Labute approximate surface area is 197 Å². The summed E-state index contributed by atoms with van der Waals surface area (Å²) in [5, 5.41) is 11.3. The van der Waals surface area contributed by atoms with Crippen molar-refractivity contribution in [1.82, 2.24) is 9.55 Å². The molecule has 0 saturated carbocycles. The number of aryl methyl sites for hydroxylation is 1. The summed E-state index contributed by atoms with van der Waals surface area (Å²) in [5.41, 5.74) is 5.22. The molecule has 0 bridgehead atoms. The molecule has 2 aromatic carbocycles. The topological polar surface area (TPSA) is 67.9 Å². The summed E-state index contributed by atoms with van der Waals surface area (Å²) in [6.45, 7) is 2.81. The maximum Gasteiger partial charge on any atom is 0.339 e. The second kappa shape index (κ2) is 10.3. The molecule has 0 saturated heterocycles. The Morgan fingerprint density at radius 1 is 1.15 bits per heavy atom. The van der Waals surface area contributed by atoms with Gasteiger partial charge in [0.1, 0.15) is 5.82 Å². The van der Waals surface area contributed by atoms with E-state index in [0.29, 0.717) is 17.7 Å². The molecule has 0 atom stereocenters. The van der Waals surface area contributed by atoms with Crippen molar-refractivity contribution >= 4 is 17.3 Å². The number of nitriles is 1. The number of ether oxygens (including phenoxy) is 1. The van der Waals surface area contributed by atoms with E-state index in [9.17, 15) is 10.1 Å². The van der Waals surface area contributed by atoms with E-state index < -0.39 is 0 Å². The van der Waals surface area contributed by atoms with Gasteiger partial charge in [-0.1, -0.05) is 55.8 Å². The van der Waals surface area contributed by atoms with E-state index in [2.05, 4.69) is 41.8 Å². The van der Waals surface area contributed by atoms with Crippen molar-refractivity contribution in [2.24, 2.45) is 0 Å². The van der Waals surface area contributed by atoms with Gasteiger partial charge in [0, 0.05) is 13.0 Å². The zero-order valence-electron chi connectivity index (χ0n) is 18.7. The van der Waals surface area contributed by atoms with Crippen LogP contribution in [0.2, 0.25) is 0 Å². The molecule has 0 radical (unpaired) electrons. The summed E-state index contributed by atoms with van der Waals surface area (Å²) in [6.07, 6.45) is 4.88. The fourth-order valence-corrected chi connectivity index (χ4v) is 4.79. The monoisotopic (exact) mass is 455 g/mol. The van der Waals surface area contributed by atoms with E-state index in [1.807, 2.05) is 35.8 Å². The number of rotatable bonds is 8. The number of esters is 1. The van der Waals surface area contributed by atoms with Crippen molar-refractivity contribution in [3.05, 3.63) is 88.7 Å². The molecule has 0 spiro atoms. The van der Waals surface area contributed by atoms with Gasteiger partial charge < -0.3 is 9.30 Å². The smallest absolute Gasteiger partial charge is 0.339 e. The molecule has 166 valence electrons. The molecule has 5 nitrogen and oxygen atoms in total. The number of hydrogen-bond acceptors (Lipinski definition) is 5. The Morgan fingerprint density at radius 2 is 1.94 bits per heavy atom. The van der Waals surface area contributed by atoms with E-state index >= 15 is 0 Å². The number of nitrogens with zero attached hydrogens (tertiary/aromatic N) is 3. The molecule has 0 fully saturated rings. The van der Waals surface area contributed by atoms with Crippen LogP contribution in [-0.4, -0.2) is 22.6 Å². The molecule has 2 aromatic heterocycles. The number of carbonyl (C=O) groups excluding carboxylic acids is 1. The first-order valence-corrected chi connectivity index (χ1v) is 11.8. The van der Waals surface area contributed by atoms with Crippen LogP contribution in [0, 0.1) is 11.3 Å². The first kappa shape index (κ1) is 22.5. The van der Waals surface area contributed by atoms with E-state index in [-0.39, 0.29) is 5.97 Å². The molecule has 0 N–H and O–H groups in total. The lowest BCUT2D eigenvalue weighted by molar-refractivity contribution is 0.0602. The van der Waals surface area contributed by atoms with Gasteiger partial charge in [0.25, 0.3) is 0 Å². The van der Waals surface area contributed by atoms with Crippen molar-refractivity contribution in [2.75, 3.05) is 7.11 Å². The summed E-state index contributed by atoms with van der Waals surface area (Å²) < 4.78 is 7.18. The number of benzene rings is 2. The maximum atomic E-state index is 12.3. The third-order valence-electron chi connectivity index (χ3n) is 5.65. The molecule has 4 aromatic rings. The van der Waals surface area contributed by atoms with Crippen LogP contribution in [0.5, 0.6) is 0 Å². The van der Waals surface area contributed by atoms with Crippen molar-refractivity contribution < 1.29 is 9.53 Å². The van der Waals surface area contributed by atoms with E-state index in [0.717, 1.165) is 52.3 Å². The van der Waals surface area contributed by atoms with Gasteiger partial charge in [-0.2, -0.15) is 5.26 Å². The lowest BCUT2D eigenvalue weighted by atomic mass is 9.99. The predicted molar refractivity (Wildman–Crippen MR) is 131 cm³/mol. The number of aromatic nitrogens is 2. The zero-order valence-corrected chi connectivity index (χ0v) is 19.6. The fourth-order valence-electron chi connectivity index (χ4n) is 3.89. The number of carbonyl (C=O) groups is 1. The highest BCUT2D eigenvalue weighted by Crippen LogP contribution is 2.32. The summed E-state index contributed by atoms with van der Waals surface area (Å²) in [5.74, 6) is 0.671. The lowest BCUT2D eigenvalue weighted by Crippen LogP contribution is -2.08. The fraction of sp³-hybridized carbons (Fsp3) is 0.222. The maximum absolute atomic E-state index is 12.3. The minimum absolute atomic E-state index is 0.338. The Hall–Kier alpha value is -3.69. The van der Waals surface area contributed by atoms with Crippen LogP contribution in [0.15, 0.2) is 66.2 Å². The van der Waals surface area contributed by atoms with Crippen LogP contribution in [0.25, 0.3) is 21.7 Å². The lowest BCUT2D eigenvalue weighted by Gasteiger charge is -2.13. The van der Waals surface area contributed by atoms with Gasteiger partial charge >= 0.3 is 5.97 Å². The molecule has 33 heavy (non-hydrogen) atoms. The van der Waals surface area contributed by atoms with Crippen LogP contribution in [0.4, 0.5) is 0 Å². The van der Waals surface area contributed by atoms with Crippen molar-refractivity contribution in [1.29, 1.82) is 5.26 Å². The van der Waals surface area contributed by atoms with Gasteiger partial charge in [-0.15, -0.1) is 11.3 Å². The highest BCUT2D eigenvalue weighted by Gasteiger charge is 2.20. The van der Waals surface area contributed by atoms with E-state index in [1.165, 1.54) is 18.4 Å². The van der Waals surface area contributed by atoms with Crippen LogP contribution in [-0.2, 0) is 17.7 Å². The van der Waals surface area contributed by atoms with Gasteiger partial charge in [-0.25, -0.2) is 9.78 Å². The van der Waals surface area contributed by atoms with E-state index in [4.69, 9.17) is 9.72 Å². The Balaban J connectivity index is 1.69. The molecule has 2 heterocycles. The molecule has 0 aliphatic rings. The summed E-state index contributed by atoms with van der Waals surface area (Å²) in [4.78, 5) is 17.8. The van der Waals surface area contributed by atoms with Crippen LogP contribution in [0.3, 0.4) is 0 Å². The number of imidazole rings is 1. The molecule has 0 aliphatic carbocycles. The first-order chi connectivity index (χ1) is 16.2. The SMILES string of the molecule is CCCCc1ncc(-c2sccc2C(=O)OC)n1Cc1ccc(-c2ccccc2C#N)cc1. The predicted octanol–water partition coefficient (Wildman–Crippen LogP) is 6.33. The van der Waals surface area contributed by atoms with Crippen molar-refractivity contribution in [3.63, 3.8) is 0 Å². The molecule has 0 amide bonds. The number of hydrogen-bond donors (Lipinski definition) is 0. The minimum atomic E-state index is -0.338. The molecule has 4 rings (SSSR count). The van der Waals surface area contributed by atoms with Gasteiger partial charge in [0.2, 0.25) is 0 Å². The Bertz CT molecular complexity index is 1300. The van der Waals surface area contributed by atoms with Crippen molar-refractivity contribution in [3.8, 4) is 27.8 Å².